The van der Waals surface area contributed by atoms with E-state index in [0.717, 1.165) is 30.1 Å². The smallest absolute Gasteiger partial charge is 0.213 e. The first-order chi connectivity index (χ1) is 8.19. The van der Waals surface area contributed by atoms with Gasteiger partial charge in [0, 0.05) is 19.7 Å². The van der Waals surface area contributed by atoms with Crippen LogP contribution < -0.4 is 10.1 Å². The highest BCUT2D eigenvalue weighted by Gasteiger charge is 2.18. The topological polar surface area (TPSA) is 39.1 Å². The summed E-state index contributed by atoms with van der Waals surface area (Å²) in [5, 5.41) is 7.77. The predicted molar refractivity (Wildman–Crippen MR) is 69.4 cm³/mol. The summed E-state index contributed by atoms with van der Waals surface area (Å²) in [6, 6.07) is 1.95. The Morgan fingerprint density at radius 3 is 2.71 bits per heavy atom. The van der Waals surface area contributed by atoms with Crippen molar-refractivity contribution in [2.45, 2.75) is 32.6 Å². The van der Waals surface area contributed by atoms with Gasteiger partial charge < -0.3 is 10.1 Å². The number of nitrogens with zero attached hydrogens (tertiary/aromatic N) is 2. The average molecular weight is 237 g/mol. The van der Waals surface area contributed by atoms with Crippen LogP contribution in [0.3, 0.4) is 0 Å². The summed E-state index contributed by atoms with van der Waals surface area (Å²) in [5.41, 5.74) is 0. The van der Waals surface area contributed by atoms with Crippen LogP contribution in [0.15, 0.2) is 6.07 Å². The molecule has 0 radical (unpaired) electrons. The van der Waals surface area contributed by atoms with Gasteiger partial charge in [-0.2, -0.15) is 5.10 Å². The second-order valence-electron chi connectivity index (χ2n) is 5.20. The van der Waals surface area contributed by atoms with Crippen molar-refractivity contribution in [1.29, 1.82) is 0 Å². The molecule has 4 heteroatoms. The number of aryl methyl sites for hydroxylation is 1. The van der Waals surface area contributed by atoms with Crippen LogP contribution >= 0.6 is 0 Å². The third-order valence-electron chi connectivity index (χ3n) is 3.75. The minimum atomic E-state index is 0.796. The Balaban J connectivity index is 1.81. The van der Waals surface area contributed by atoms with E-state index in [1.165, 1.54) is 25.7 Å². The maximum absolute atomic E-state index is 5.19. The van der Waals surface area contributed by atoms with E-state index in [0.29, 0.717) is 0 Å². The molecule has 0 aliphatic heterocycles. The first kappa shape index (κ1) is 12.3. The molecular formula is C13H23N3O. The molecule has 1 aliphatic rings. The van der Waals surface area contributed by atoms with Crippen molar-refractivity contribution in [2.75, 3.05) is 19.0 Å². The van der Waals surface area contributed by atoms with E-state index in [-0.39, 0.29) is 0 Å². The molecule has 1 fully saturated rings. The maximum Gasteiger partial charge on any atom is 0.213 e. The van der Waals surface area contributed by atoms with Crippen molar-refractivity contribution < 1.29 is 4.74 Å². The van der Waals surface area contributed by atoms with Gasteiger partial charge in [-0.3, -0.25) is 0 Å². The van der Waals surface area contributed by atoms with Crippen LogP contribution in [0.1, 0.15) is 32.6 Å². The highest BCUT2D eigenvalue weighted by molar-refractivity contribution is 5.38. The number of methoxy groups -OCH3 is 1. The van der Waals surface area contributed by atoms with E-state index in [2.05, 4.69) is 17.3 Å². The number of anilines is 1. The lowest BCUT2D eigenvalue weighted by molar-refractivity contribution is 0.300. The summed E-state index contributed by atoms with van der Waals surface area (Å²) >= 11 is 0. The highest BCUT2D eigenvalue weighted by Crippen LogP contribution is 2.28. The summed E-state index contributed by atoms with van der Waals surface area (Å²) in [4.78, 5) is 0. The van der Waals surface area contributed by atoms with Gasteiger partial charge in [0.1, 0.15) is 0 Å². The van der Waals surface area contributed by atoms with Crippen molar-refractivity contribution in [1.82, 2.24) is 9.78 Å². The Morgan fingerprint density at radius 1 is 1.41 bits per heavy atom. The quantitative estimate of drug-likeness (QED) is 0.875. The number of hydrogen-bond donors (Lipinski definition) is 1. The maximum atomic E-state index is 5.19. The van der Waals surface area contributed by atoms with Crippen LogP contribution in [0.25, 0.3) is 0 Å². The van der Waals surface area contributed by atoms with Crippen LogP contribution in [0, 0.1) is 11.8 Å². The first-order valence-corrected chi connectivity index (χ1v) is 6.51. The molecular weight excluding hydrogens is 214 g/mol. The molecule has 0 spiro atoms. The molecule has 17 heavy (non-hydrogen) atoms. The molecule has 0 aromatic carbocycles. The van der Waals surface area contributed by atoms with Crippen molar-refractivity contribution in [2.24, 2.45) is 18.9 Å². The van der Waals surface area contributed by atoms with Gasteiger partial charge in [-0.1, -0.05) is 19.8 Å². The van der Waals surface area contributed by atoms with Crippen LogP contribution in [-0.2, 0) is 7.05 Å². The highest BCUT2D eigenvalue weighted by atomic mass is 16.5. The fourth-order valence-electron chi connectivity index (χ4n) is 2.51. The summed E-state index contributed by atoms with van der Waals surface area (Å²) < 4.78 is 6.95. The lowest BCUT2D eigenvalue weighted by Gasteiger charge is -2.26. The normalized spacial score (nSPS) is 24.6. The molecule has 1 saturated carbocycles. The summed E-state index contributed by atoms with van der Waals surface area (Å²) in [7, 11) is 3.57. The molecule has 1 aromatic heterocycles. The second kappa shape index (κ2) is 5.43. The molecule has 1 heterocycles. The zero-order chi connectivity index (χ0) is 12.3. The number of ether oxygens (including phenoxy) is 1. The van der Waals surface area contributed by atoms with Crippen molar-refractivity contribution in [3.8, 4) is 5.88 Å². The van der Waals surface area contributed by atoms with Crippen molar-refractivity contribution >= 4 is 5.82 Å². The van der Waals surface area contributed by atoms with Gasteiger partial charge in [0.05, 0.1) is 7.11 Å². The monoisotopic (exact) mass is 237 g/mol. The Morgan fingerprint density at radius 2 is 2.12 bits per heavy atom. The molecule has 0 bridgehead atoms. The van der Waals surface area contributed by atoms with Crippen molar-refractivity contribution in [3.05, 3.63) is 6.07 Å². The van der Waals surface area contributed by atoms with Gasteiger partial charge in [0.25, 0.3) is 0 Å². The molecule has 1 aliphatic carbocycles. The van der Waals surface area contributed by atoms with Crippen LogP contribution in [-0.4, -0.2) is 23.4 Å². The van der Waals surface area contributed by atoms with Crippen LogP contribution in [0.2, 0.25) is 0 Å². The van der Waals surface area contributed by atoms with E-state index in [1.807, 2.05) is 13.1 Å². The van der Waals surface area contributed by atoms with E-state index in [4.69, 9.17) is 4.74 Å². The minimum absolute atomic E-state index is 0.796. The third kappa shape index (κ3) is 3.14. The molecule has 4 nitrogen and oxygen atoms in total. The summed E-state index contributed by atoms with van der Waals surface area (Å²) in [6.07, 6.45) is 5.44. The number of aromatic nitrogens is 2. The average Bonchev–Trinajstić information content (AvgIpc) is 2.69. The van der Waals surface area contributed by atoms with E-state index < -0.39 is 0 Å². The molecule has 0 saturated heterocycles. The number of hydrogen-bond acceptors (Lipinski definition) is 3. The molecule has 2 rings (SSSR count). The number of nitrogens with one attached hydrogen (secondary N) is 1. The second-order valence-corrected chi connectivity index (χ2v) is 5.20. The zero-order valence-corrected chi connectivity index (χ0v) is 11.1. The Hall–Kier alpha value is -1.19. The summed E-state index contributed by atoms with van der Waals surface area (Å²) in [6.45, 7) is 3.39. The van der Waals surface area contributed by atoms with E-state index in [9.17, 15) is 0 Å². The summed E-state index contributed by atoms with van der Waals surface area (Å²) in [5.74, 6) is 3.44. The first-order valence-electron chi connectivity index (χ1n) is 6.51. The van der Waals surface area contributed by atoms with Crippen LogP contribution in [0.5, 0.6) is 5.88 Å². The third-order valence-corrected chi connectivity index (χ3v) is 3.75. The van der Waals surface area contributed by atoms with Gasteiger partial charge in [-0.25, -0.2) is 4.68 Å². The van der Waals surface area contributed by atoms with E-state index in [1.54, 1.807) is 11.8 Å². The van der Waals surface area contributed by atoms with Gasteiger partial charge in [0.15, 0.2) is 5.82 Å². The number of rotatable bonds is 4. The fourth-order valence-corrected chi connectivity index (χ4v) is 2.51. The fraction of sp³-hybridized carbons (Fsp3) is 0.769. The largest absolute Gasteiger partial charge is 0.481 e. The molecule has 96 valence electrons. The standard InChI is InChI=1S/C13H23N3O/c1-10-4-6-11(7-5-10)9-14-12-8-13(17-3)16(2)15-12/h8,10-11H,4-7,9H2,1-3H3,(H,14,15). The van der Waals surface area contributed by atoms with Gasteiger partial charge in [-0.05, 0) is 24.7 Å². The Bertz CT molecular complexity index is 354. The zero-order valence-electron chi connectivity index (χ0n) is 11.1. The predicted octanol–water partition coefficient (Wildman–Crippen LogP) is 2.67. The van der Waals surface area contributed by atoms with E-state index >= 15 is 0 Å². The minimum Gasteiger partial charge on any atom is -0.481 e. The molecule has 0 atom stereocenters. The van der Waals surface area contributed by atoms with Gasteiger partial charge >= 0.3 is 0 Å². The lowest BCUT2D eigenvalue weighted by Crippen LogP contribution is -2.20. The lowest BCUT2D eigenvalue weighted by atomic mass is 9.83. The molecule has 1 aromatic rings. The SMILES string of the molecule is COc1cc(NCC2CCC(C)CC2)nn1C. The Kier molecular flexibility index (Phi) is 3.92. The van der Waals surface area contributed by atoms with Gasteiger partial charge in [0.2, 0.25) is 5.88 Å². The van der Waals surface area contributed by atoms with Crippen molar-refractivity contribution in [3.63, 3.8) is 0 Å². The van der Waals surface area contributed by atoms with Crippen LogP contribution in [0.4, 0.5) is 5.82 Å². The molecule has 0 unspecified atom stereocenters. The Labute approximate surface area is 103 Å². The molecule has 1 N–H and O–H groups in total. The van der Waals surface area contributed by atoms with Gasteiger partial charge in [-0.15, -0.1) is 0 Å². The molecule has 0 amide bonds.